The van der Waals surface area contributed by atoms with E-state index in [4.69, 9.17) is 4.74 Å². The van der Waals surface area contributed by atoms with Gasteiger partial charge in [-0.2, -0.15) is 12.6 Å². The first-order valence-electron chi connectivity index (χ1n) is 3.43. The standard InChI is InChI=1S/C8H8F2OS/c9-6-1-2-7(10)8(5-6)11-3-4-12/h1-2,5,12H,3-4H2. The van der Waals surface area contributed by atoms with E-state index in [1.165, 1.54) is 0 Å². The van der Waals surface area contributed by atoms with E-state index in [1.807, 2.05) is 0 Å². The largest absolute Gasteiger partial charge is 0.490 e. The van der Waals surface area contributed by atoms with E-state index < -0.39 is 11.6 Å². The molecule has 4 heteroatoms. The van der Waals surface area contributed by atoms with Gasteiger partial charge in [0, 0.05) is 11.8 Å². The Bertz CT molecular complexity index is 265. The van der Waals surface area contributed by atoms with Crippen LogP contribution in [0.3, 0.4) is 0 Å². The van der Waals surface area contributed by atoms with Crippen molar-refractivity contribution < 1.29 is 13.5 Å². The quantitative estimate of drug-likeness (QED) is 0.719. The van der Waals surface area contributed by atoms with Crippen LogP contribution in [0, 0.1) is 11.6 Å². The Labute approximate surface area is 74.8 Å². The van der Waals surface area contributed by atoms with E-state index in [0.717, 1.165) is 18.2 Å². The number of hydrogen-bond donors (Lipinski definition) is 1. The van der Waals surface area contributed by atoms with Gasteiger partial charge in [-0.05, 0) is 12.1 Å². The molecule has 66 valence electrons. The molecule has 0 atom stereocenters. The van der Waals surface area contributed by atoms with Gasteiger partial charge in [-0.15, -0.1) is 0 Å². The number of hydrogen-bond acceptors (Lipinski definition) is 2. The van der Waals surface area contributed by atoms with Crippen LogP contribution in [0.15, 0.2) is 18.2 Å². The van der Waals surface area contributed by atoms with Crippen LogP contribution >= 0.6 is 12.6 Å². The number of halogens is 2. The Morgan fingerprint density at radius 2 is 2.08 bits per heavy atom. The Balaban J connectivity index is 2.75. The number of ether oxygens (including phenoxy) is 1. The van der Waals surface area contributed by atoms with Crippen LogP contribution in [-0.4, -0.2) is 12.4 Å². The summed E-state index contributed by atoms with van der Waals surface area (Å²) < 4.78 is 30.2. The van der Waals surface area contributed by atoms with Crippen molar-refractivity contribution in [2.45, 2.75) is 0 Å². The minimum atomic E-state index is -0.557. The first-order valence-corrected chi connectivity index (χ1v) is 4.06. The normalized spacial score (nSPS) is 9.92. The molecule has 0 aromatic heterocycles. The summed E-state index contributed by atoms with van der Waals surface area (Å²) in [6, 6.07) is 3.09. The maximum absolute atomic E-state index is 12.8. The lowest BCUT2D eigenvalue weighted by Gasteiger charge is -2.04. The molecule has 0 saturated heterocycles. The van der Waals surface area contributed by atoms with Crippen molar-refractivity contribution in [3.8, 4) is 5.75 Å². The summed E-state index contributed by atoms with van der Waals surface area (Å²) in [5, 5.41) is 0. The van der Waals surface area contributed by atoms with Crippen molar-refractivity contribution in [1.29, 1.82) is 0 Å². The van der Waals surface area contributed by atoms with Crippen LogP contribution in [0.4, 0.5) is 8.78 Å². The van der Waals surface area contributed by atoms with Gasteiger partial charge in [-0.25, -0.2) is 8.78 Å². The SMILES string of the molecule is Fc1ccc(F)c(OCCS)c1. The molecule has 1 rings (SSSR count). The van der Waals surface area contributed by atoms with Crippen LogP contribution in [0.2, 0.25) is 0 Å². The average Bonchev–Trinajstić information content (AvgIpc) is 2.07. The molecule has 1 aromatic carbocycles. The third-order valence-corrected chi connectivity index (χ3v) is 1.42. The molecular weight excluding hydrogens is 182 g/mol. The molecule has 0 amide bonds. The highest BCUT2D eigenvalue weighted by molar-refractivity contribution is 7.80. The van der Waals surface area contributed by atoms with E-state index in [0.29, 0.717) is 5.75 Å². The van der Waals surface area contributed by atoms with Crippen LogP contribution in [-0.2, 0) is 0 Å². The second-order valence-electron chi connectivity index (χ2n) is 2.15. The lowest BCUT2D eigenvalue weighted by Crippen LogP contribution is -2.00. The van der Waals surface area contributed by atoms with Gasteiger partial charge in [0.15, 0.2) is 11.6 Å². The van der Waals surface area contributed by atoms with E-state index >= 15 is 0 Å². The summed E-state index contributed by atoms with van der Waals surface area (Å²) in [4.78, 5) is 0. The van der Waals surface area contributed by atoms with Gasteiger partial charge in [-0.1, -0.05) is 0 Å². The minimum absolute atomic E-state index is 0.0657. The number of benzene rings is 1. The first-order chi connectivity index (χ1) is 5.74. The van der Waals surface area contributed by atoms with E-state index in [2.05, 4.69) is 12.6 Å². The Hall–Kier alpha value is -0.770. The molecule has 0 saturated carbocycles. The van der Waals surface area contributed by atoms with Crippen molar-refractivity contribution >= 4 is 12.6 Å². The summed E-state index contributed by atoms with van der Waals surface area (Å²) in [7, 11) is 0. The molecule has 0 spiro atoms. The summed E-state index contributed by atoms with van der Waals surface area (Å²) in [6.45, 7) is 0.267. The van der Waals surface area contributed by atoms with Crippen LogP contribution < -0.4 is 4.74 Å². The average molecular weight is 190 g/mol. The number of thiol groups is 1. The van der Waals surface area contributed by atoms with E-state index in [9.17, 15) is 8.78 Å². The third kappa shape index (κ3) is 2.37. The highest BCUT2D eigenvalue weighted by Gasteiger charge is 2.03. The van der Waals surface area contributed by atoms with Gasteiger partial charge < -0.3 is 4.74 Å². The summed E-state index contributed by atoms with van der Waals surface area (Å²) in [5.74, 6) is -0.663. The van der Waals surface area contributed by atoms with Crippen molar-refractivity contribution in [2.75, 3.05) is 12.4 Å². The predicted molar refractivity (Wildman–Crippen MR) is 45.7 cm³/mol. The predicted octanol–water partition coefficient (Wildman–Crippen LogP) is 2.27. The minimum Gasteiger partial charge on any atom is -0.490 e. The third-order valence-electron chi connectivity index (χ3n) is 1.24. The second kappa shape index (κ2) is 4.30. The molecular formula is C8H8F2OS. The molecule has 1 aromatic rings. The molecule has 0 N–H and O–H groups in total. The zero-order valence-electron chi connectivity index (χ0n) is 6.26. The molecule has 12 heavy (non-hydrogen) atoms. The summed E-state index contributed by atoms with van der Waals surface area (Å²) >= 11 is 3.87. The van der Waals surface area contributed by atoms with Gasteiger partial charge in [0.05, 0.1) is 6.61 Å². The van der Waals surface area contributed by atoms with Crippen molar-refractivity contribution in [2.24, 2.45) is 0 Å². The monoisotopic (exact) mass is 190 g/mol. The highest BCUT2D eigenvalue weighted by Crippen LogP contribution is 2.17. The molecule has 1 nitrogen and oxygen atoms in total. The molecule has 0 aliphatic rings. The molecule has 0 heterocycles. The molecule has 0 aliphatic carbocycles. The molecule has 0 unspecified atom stereocenters. The van der Waals surface area contributed by atoms with Crippen LogP contribution in [0.25, 0.3) is 0 Å². The molecule has 0 aliphatic heterocycles. The topological polar surface area (TPSA) is 9.23 Å². The Morgan fingerprint density at radius 3 is 2.75 bits per heavy atom. The van der Waals surface area contributed by atoms with Crippen molar-refractivity contribution in [3.63, 3.8) is 0 Å². The fraction of sp³-hybridized carbons (Fsp3) is 0.250. The summed E-state index contributed by atoms with van der Waals surface area (Å²) in [5.41, 5.74) is 0. The van der Waals surface area contributed by atoms with Crippen LogP contribution in [0.5, 0.6) is 5.75 Å². The Morgan fingerprint density at radius 1 is 1.33 bits per heavy atom. The Kier molecular flexibility index (Phi) is 3.34. The van der Waals surface area contributed by atoms with Crippen molar-refractivity contribution in [1.82, 2.24) is 0 Å². The highest BCUT2D eigenvalue weighted by atomic mass is 32.1. The smallest absolute Gasteiger partial charge is 0.165 e. The van der Waals surface area contributed by atoms with Crippen molar-refractivity contribution in [3.05, 3.63) is 29.8 Å². The number of rotatable bonds is 3. The zero-order valence-corrected chi connectivity index (χ0v) is 7.15. The van der Waals surface area contributed by atoms with Crippen LogP contribution in [0.1, 0.15) is 0 Å². The first kappa shape index (κ1) is 9.32. The second-order valence-corrected chi connectivity index (χ2v) is 2.59. The van der Waals surface area contributed by atoms with Gasteiger partial charge in [0.25, 0.3) is 0 Å². The fourth-order valence-electron chi connectivity index (χ4n) is 0.743. The van der Waals surface area contributed by atoms with Gasteiger partial charge in [-0.3, -0.25) is 0 Å². The van der Waals surface area contributed by atoms with Gasteiger partial charge >= 0.3 is 0 Å². The van der Waals surface area contributed by atoms with E-state index in [-0.39, 0.29) is 12.4 Å². The van der Waals surface area contributed by atoms with Gasteiger partial charge in [0.2, 0.25) is 0 Å². The maximum atomic E-state index is 12.8. The molecule has 0 radical (unpaired) electrons. The lowest BCUT2D eigenvalue weighted by molar-refractivity contribution is 0.323. The lowest BCUT2D eigenvalue weighted by atomic mass is 10.3. The molecule has 0 fully saturated rings. The summed E-state index contributed by atoms with van der Waals surface area (Å²) in [6.07, 6.45) is 0. The zero-order chi connectivity index (χ0) is 8.97. The van der Waals surface area contributed by atoms with Gasteiger partial charge in [0.1, 0.15) is 5.82 Å². The molecule has 0 bridgehead atoms. The maximum Gasteiger partial charge on any atom is 0.165 e. The van der Waals surface area contributed by atoms with E-state index in [1.54, 1.807) is 0 Å². The fourth-order valence-corrected chi connectivity index (χ4v) is 0.835.